The number of pyridine rings is 6. The molecular weight excluding hydrogens is 1270 g/mol. The van der Waals surface area contributed by atoms with Gasteiger partial charge >= 0.3 is 0 Å². The number of hydrogen-bond acceptors (Lipinski definition) is 21. The van der Waals surface area contributed by atoms with Crippen LogP contribution in [0.3, 0.4) is 0 Å². The molecule has 0 bridgehead atoms. The fourth-order valence-corrected chi connectivity index (χ4v) is 12.2. The van der Waals surface area contributed by atoms with E-state index in [1.165, 1.54) is 38.3 Å². The Kier molecular flexibility index (Phi) is 22.3. The fourth-order valence-electron chi connectivity index (χ4n) is 12.2. The van der Waals surface area contributed by atoms with Crippen LogP contribution in [0.5, 0.6) is 17.2 Å². The van der Waals surface area contributed by atoms with E-state index in [4.69, 9.17) is 33.5 Å². The zero-order valence-electron chi connectivity index (χ0n) is 55.5. The Balaban J connectivity index is 0.000000152. The zero-order chi connectivity index (χ0) is 70.2. The summed E-state index contributed by atoms with van der Waals surface area (Å²) >= 11 is 0. The first-order valence-electron chi connectivity index (χ1n) is 32.8. The van der Waals surface area contributed by atoms with Gasteiger partial charge in [-0.1, -0.05) is 0 Å². The molecule has 27 heteroatoms. The summed E-state index contributed by atoms with van der Waals surface area (Å²) in [7, 11) is 0. The van der Waals surface area contributed by atoms with Gasteiger partial charge in [0.05, 0.1) is 89.2 Å². The molecule has 0 spiro atoms. The second-order valence-corrected chi connectivity index (χ2v) is 24.2. The molecule has 3 amide bonds. The van der Waals surface area contributed by atoms with Crippen molar-refractivity contribution in [2.45, 2.75) is 45.3 Å². The summed E-state index contributed by atoms with van der Waals surface area (Å²) < 4.78 is 22.3. The molecule has 27 nitrogen and oxygen atoms in total. The van der Waals surface area contributed by atoms with Gasteiger partial charge in [0.25, 0.3) is 17.7 Å². The van der Waals surface area contributed by atoms with Crippen LogP contribution in [0.2, 0.25) is 0 Å². The Morgan fingerprint density at radius 1 is 0.470 bits per heavy atom. The summed E-state index contributed by atoms with van der Waals surface area (Å²) in [5.74, 6) is 9.85. The Morgan fingerprint density at radius 3 is 1.07 bits per heavy atom. The minimum absolute atomic E-state index is 0.142. The smallest absolute Gasteiger partial charge is 0.298 e. The fraction of sp³-hybridized carbons (Fsp3) is 0.342. The lowest BCUT2D eigenvalue weighted by Gasteiger charge is -2.34. The molecule has 4 aliphatic heterocycles. The number of nitrogens with zero attached hydrogens (tertiary/aromatic N) is 19. The van der Waals surface area contributed by atoms with E-state index in [2.05, 4.69) is 85.8 Å². The maximum Gasteiger partial charge on any atom is 0.298 e. The number of nitriles is 3. The minimum atomic E-state index is -0.612. The molecule has 9 aromatic heterocycles. The lowest BCUT2D eigenvalue weighted by atomic mass is 10.1. The number of aromatic nitrogens is 9. The molecule has 4 saturated heterocycles. The van der Waals surface area contributed by atoms with Crippen molar-refractivity contribution in [3.63, 3.8) is 0 Å². The molecular formula is C73H73N19O8. The predicted octanol–water partition coefficient (Wildman–Crippen LogP) is 5.03. The second-order valence-electron chi connectivity index (χ2n) is 24.2. The molecule has 13 heterocycles. The lowest BCUT2D eigenvalue weighted by Crippen LogP contribution is -2.48. The summed E-state index contributed by atoms with van der Waals surface area (Å²) in [6.45, 7) is 14.9. The van der Waals surface area contributed by atoms with Gasteiger partial charge in [-0.2, -0.15) is 31.1 Å². The number of carbonyl (C=O) groups is 3. The van der Waals surface area contributed by atoms with Crippen molar-refractivity contribution in [3.05, 3.63) is 127 Å². The number of aliphatic hydroxyl groups is 2. The number of terminal acetylenes is 3. The Labute approximate surface area is 578 Å². The highest BCUT2D eigenvalue weighted by Gasteiger charge is 2.26. The van der Waals surface area contributed by atoms with E-state index in [1.807, 2.05) is 67.0 Å². The third-order valence-electron chi connectivity index (χ3n) is 17.4. The van der Waals surface area contributed by atoms with E-state index >= 15 is 0 Å². The highest BCUT2D eigenvalue weighted by molar-refractivity contribution is 5.94. The van der Waals surface area contributed by atoms with Crippen LogP contribution in [0, 0.1) is 71.0 Å². The van der Waals surface area contributed by atoms with Gasteiger partial charge < -0.3 is 58.7 Å². The van der Waals surface area contributed by atoms with Crippen molar-refractivity contribution in [1.82, 2.24) is 63.4 Å². The molecule has 0 saturated carbocycles. The largest absolute Gasteiger partial charge is 0.492 e. The predicted molar refractivity (Wildman–Crippen MR) is 372 cm³/mol. The van der Waals surface area contributed by atoms with Crippen LogP contribution in [-0.2, 0) is 14.4 Å². The topological polar surface area (TPSA) is 304 Å². The van der Waals surface area contributed by atoms with Crippen molar-refractivity contribution >= 4 is 51.7 Å². The summed E-state index contributed by atoms with van der Waals surface area (Å²) in [5, 5.41) is 60.6. The highest BCUT2D eigenvalue weighted by atomic mass is 16.5. The van der Waals surface area contributed by atoms with Gasteiger partial charge in [0.15, 0.2) is 0 Å². The van der Waals surface area contributed by atoms with Gasteiger partial charge in [-0.3, -0.25) is 14.4 Å². The molecule has 4 fully saturated rings. The number of amides is 3. The standard InChI is InChI=1S/C27H29N7O2.2C23H22N6O3/c1-2-26(35)33-13-11-32(12-14-33)25-7-6-21(18-29-25)24-16-23(20-34-27(24)22(17-28)19-30-34)36-15-5-10-31-8-3-4-9-31;2*1-3-22(31)28-8-6-27(7-9-28)21-5-4-17(12-25-21)20-10-19(32-15-16(2)30)14-29-23(20)18(11-24)13-26-29/h1,6-7,16,18-20H,3-5,8-15H2;2*1,4-5,10,12-14,16,30H,6-9,15H2,2H3/t;2*16-/m.10/s1. The molecule has 0 radical (unpaired) electrons. The lowest BCUT2D eigenvalue weighted by molar-refractivity contribution is -0.126. The maximum absolute atomic E-state index is 11.7. The van der Waals surface area contributed by atoms with E-state index < -0.39 is 12.2 Å². The number of ether oxygens (including phenoxy) is 3. The van der Waals surface area contributed by atoms with Gasteiger partial charge in [0, 0.05) is 137 Å². The number of hydrogen-bond donors (Lipinski definition) is 2. The molecule has 0 aliphatic carbocycles. The SMILES string of the molecule is C#CC(=O)N1CCN(c2ccc(-c3cc(OCCCN4CCCC4)cn4ncc(C#N)c34)cn2)CC1.C#CC(=O)N1CCN(c2ccc(-c3cc(OC[C@@H](C)O)cn4ncc(C#N)c34)cn2)CC1.C#CC(=O)N1CCN(c2ccc(-c3cc(OC[C@H](C)O)cn4ncc(C#N)c34)cn2)CC1. The number of carbonyl (C=O) groups excluding carboxylic acids is 3. The maximum atomic E-state index is 11.7. The monoisotopic (exact) mass is 1340 g/mol. The van der Waals surface area contributed by atoms with E-state index in [0.29, 0.717) is 130 Å². The average molecular weight is 1340 g/mol. The number of likely N-dealkylation sites (tertiary alicyclic amines) is 1. The second kappa shape index (κ2) is 32.2. The molecule has 2 N–H and O–H groups in total. The van der Waals surface area contributed by atoms with Crippen molar-refractivity contribution in [2.75, 3.05) is 133 Å². The van der Waals surface area contributed by atoms with Gasteiger partial charge in [-0.25, -0.2) is 28.5 Å². The minimum Gasteiger partial charge on any atom is -0.492 e. The van der Waals surface area contributed by atoms with E-state index in [9.17, 15) is 40.4 Å². The van der Waals surface area contributed by atoms with Crippen LogP contribution in [0.4, 0.5) is 17.5 Å². The van der Waals surface area contributed by atoms with Crippen LogP contribution in [0.25, 0.3) is 49.9 Å². The molecule has 13 rings (SSSR count). The van der Waals surface area contributed by atoms with Gasteiger partial charge in [-0.15, -0.1) is 19.3 Å². The van der Waals surface area contributed by atoms with Crippen LogP contribution in [0.1, 0.15) is 49.8 Å². The van der Waals surface area contributed by atoms with Gasteiger partial charge in [0.2, 0.25) is 0 Å². The third-order valence-corrected chi connectivity index (χ3v) is 17.4. The van der Waals surface area contributed by atoms with Crippen LogP contribution >= 0.6 is 0 Å². The van der Waals surface area contributed by atoms with E-state index in [0.717, 1.165) is 69.3 Å². The highest BCUT2D eigenvalue weighted by Crippen LogP contribution is 2.35. The first-order chi connectivity index (χ1) is 48.6. The van der Waals surface area contributed by atoms with Gasteiger partial charge in [-0.05, 0) is 119 Å². The van der Waals surface area contributed by atoms with Crippen molar-refractivity contribution in [3.8, 4) is 106 Å². The number of anilines is 3. The summed E-state index contributed by atoms with van der Waals surface area (Å²) in [6.07, 6.45) is 33.1. The Bertz CT molecular complexity index is 4470. The molecule has 0 unspecified atom stereocenters. The number of rotatable bonds is 17. The van der Waals surface area contributed by atoms with Crippen molar-refractivity contribution in [1.29, 1.82) is 15.8 Å². The molecule has 9 aromatic rings. The number of piperazine rings is 3. The van der Waals surface area contributed by atoms with Crippen molar-refractivity contribution in [2.24, 2.45) is 0 Å². The first kappa shape index (κ1) is 69.1. The number of aliphatic hydroxyl groups excluding tert-OH is 2. The molecule has 2 atom stereocenters. The molecule has 4 aliphatic rings. The van der Waals surface area contributed by atoms with Crippen LogP contribution in [-0.4, -0.2) is 222 Å². The van der Waals surface area contributed by atoms with E-state index in [1.54, 1.807) is 73.1 Å². The number of fused-ring (bicyclic) bond motifs is 3. The van der Waals surface area contributed by atoms with Crippen LogP contribution in [0.15, 0.2) is 110 Å². The van der Waals surface area contributed by atoms with E-state index in [-0.39, 0.29) is 30.9 Å². The Hall–Kier alpha value is -12.2. The van der Waals surface area contributed by atoms with Gasteiger partial charge in [0.1, 0.15) is 66.1 Å². The summed E-state index contributed by atoms with van der Waals surface area (Å²) in [4.78, 5) is 62.8. The average Bonchev–Trinajstić information content (AvgIpc) is 1.43. The summed E-state index contributed by atoms with van der Waals surface area (Å²) in [6, 6.07) is 23.9. The summed E-state index contributed by atoms with van der Waals surface area (Å²) in [5.41, 5.74) is 8.30. The molecule has 0 aromatic carbocycles. The first-order valence-corrected chi connectivity index (χ1v) is 32.8. The normalized spacial score (nSPS) is 15.2. The zero-order valence-corrected chi connectivity index (χ0v) is 55.5. The third kappa shape index (κ3) is 16.2. The van der Waals surface area contributed by atoms with Crippen LogP contribution < -0.4 is 28.9 Å². The molecule has 508 valence electrons. The van der Waals surface area contributed by atoms with Crippen molar-refractivity contribution < 1.29 is 38.8 Å². The molecule has 100 heavy (non-hydrogen) atoms. The Morgan fingerprint density at radius 2 is 0.790 bits per heavy atom. The quantitative estimate of drug-likeness (QED) is 0.0892.